The highest BCUT2D eigenvalue weighted by Gasteiger charge is 2.28. The van der Waals surface area contributed by atoms with Gasteiger partial charge in [0.15, 0.2) is 0 Å². The summed E-state index contributed by atoms with van der Waals surface area (Å²) in [4.78, 5) is 13.7. The Morgan fingerprint density at radius 1 is 1.56 bits per heavy atom. The highest BCUT2D eigenvalue weighted by molar-refractivity contribution is 5.68. The number of piperidine rings is 1. The van der Waals surface area contributed by atoms with Crippen LogP contribution in [0, 0.1) is 5.92 Å². The summed E-state index contributed by atoms with van der Waals surface area (Å²) in [6.45, 7) is 7.04. The maximum Gasteiger partial charge on any atom is 0.410 e. The van der Waals surface area contributed by atoms with Gasteiger partial charge in [0, 0.05) is 19.1 Å². The van der Waals surface area contributed by atoms with E-state index in [0.717, 1.165) is 25.8 Å². The lowest BCUT2D eigenvalue weighted by Crippen LogP contribution is -2.44. The van der Waals surface area contributed by atoms with E-state index in [9.17, 15) is 4.79 Å². The van der Waals surface area contributed by atoms with Crippen LogP contribution in [0.25, 0.3) is 0 Å². The molecule has 5 heteroatoms. The number of aliphatic hydroxyl groups excluding tert-OH is 1. The molecule has 0 radical (unpaired) electrons. The molecule has 2 atom stereocenters. The van der Waals surface area contributed by atoms with Crippen LogP contribution >= 0.6 is 0 Å². The van der Waals surface area contributed by atoms with Crippen LogP contribution in [0.1, 0.15) is 40.0 Å². The minimum absolute atomic E-state index is 0.00291. The normalized spacial score (nSPS) is 22.7. The number of nitrogens with two attached hydrogens (primary N) is 1. The van der Waals surface area contributed by atoms with E-state index in [1.165, 1.54) is 0 Å². The predicted octanol–water partition coefficient (Wildman–Crippen LogP) is 1.34. The second kappa shape index (κ2) is 6.38. The Morgan fingerprint density at radius 2 is 2.22 bits per heavy atom. The topological polar surface area (TPSA) is 75.8 Å². The maximum atomic E-state index is 11.9. The fraction of sp³-hybridized carbons (Fsp3) is 0.923. The molecule has 0 spiro atoms. The van der Waals surface area contributed by atoms with Crippen LogP contribution in [0.15, 0.2) is 0 Å². The maximum absolute atomic E-state index is 11.9. The van der Waals surface area contributed by atoms with Crippen LogP contribution in [0.2, 0.25) is 0 Å². The van der Waals surface area contributed by atoms with E-state index in [4.69, 9.17) is 15.6 Å². The molecular formula is C13H26N2O3. The third kappa shape index (κ3) is 5.23. The molecule has 1 rings (SSSR count). The van der Waals surface area contributed by atoms with Crippen molar-refractivity contribution in [2.75, 3.05) is 19.7 Å². The van der Waals surface area contributed by atoms with Gasteiger partial charge in [-0.25, -0.2) is 4.79 Å². The molecule has 1 aliphatic heterocycles. The summed E-state index contributed by atoms with van der Waals surface area (Å²) in [5.41, 5.74) is 5.29. The Morgan fingerprint density at radius 3 is 2.78 bits per heavy atom. The Labute approximate surface area is 109 Å². The number of rotatable bonds is 3. The van der Waals surface area contributed by atoms with E-state index in [-0.39, 0.29) is 18.7 Å². The van der Waals surface area contributed by atoms with Crippen molar-refractivity contribution in [3.8, 4) is 0 Å². The SMILES string of the molecule is CC(C)(C)OC(=O)N1CCCC(CC(N)CO)C1. The van der Waals surface area contributed by atoms with Crippen molar-refractivity contribution in [1.29, 1.82) is 0 Å². The second-order valence-corrected chi connectivity index (χ2v) is 6.11. The van der Waals surface area contributed by atoms with Gasteiger partial charge in [0.2, 0.25) is 0 Å². The number of hydrogen-bond donors (Lipinski definition) is 2. The van der Waals surface area contributed by atoms with Gasteiger partial charge in [-0.05, 0) is 46.0 Å². The first-order chi connectivity index (χ1) is 8.31. The van der Waals surface area contributed by atoms with Crippen molar-refractivity contribution in [3.63, 3.8) is 0 Å². The minimum Gasteiger partial charge on any atom is -0.444 e. The zero-order chi connectivity index (χ0) is 13.8. The number of carbonyl (C=O) groups excluding carboxylic acids is 1. The molecule has 0 aromatic carbocycles. The smallest absolute Gasteiger partial charge is 0.410 e. The van der Waals surface area contributed by atoms with Crippen LogP contribution in [0.5, 0.6) is 0 Å². The molecule has 0 aromatic rings. The number of hydrogen-bond acceptors (Lipinski definition) is 4. The number of carbonyl (C=O) groups is 1. The van der Waals surface area contributed by atoms with Gasteiger partial charge in [-0.1, -0.05) is 0 Å². The van der Waals surface area contributed by atoms with Gasteiger partial charge in [0.1, 0.15) is 5.60 Å². The molecule has 2 unspecified atom stereocenters. The van der Waals surface area contributed by atoms with Crippen molar-refractivity contribution in [1.82, 2.24) is 4.90 Å². The van der Waals surface area contributed by atoms with E-state index in [1.807, 2.05) is 20.8 Å². The van der Waals surface area contributed by atoms with Crippen LogP contribution in [-0.2, 0) is 4.74 Å². The molecule has 5 nitrogen and oxygen atoms in total. The molecule has 0 saturated carbocycles. The standard InChI is InChI=1S/C13H26N2O3/c1-13(2,3)18-12(17)15-6-4-5-10(8-15)7-11(14)9-16/h10-11,16H,4-9,14H2,1-3H3. The molecule has 1 aliphatic rings. The number of aliphatic hydroxyl groups is 1. The fourth-order valence-corrected chi connectivity index (χ4v) is 2.25. The van der Waals surface area contributed by atoms with Gasteiger partial charge < -0.3 is 20.5 Å². The van der Waals surface area contributed by atoms with Crippen molar-refractivity contribution in [2.45, 2.75) is 51.7 Å². The largest absolute Gasteiger partial charge is 0.444 e. The molecule has 1 heterocycles. The van der Waals surface area contributed by atoms with Gasteiger partial charge in [0.25, 0.3) is 0 Å². The average molecular weight is 258 g/mol. The van der Waals surface area contributed by atoms with Crippen molar-refractivity contribution < 1.29 is 14.6 Å². The third-order valence-corrected chi connectivity index (χ3v) is 3.04. The Kier molecular flexibility index (Phi) is 5.41. The van der Waals surface area contributed by atoms with Crippen LogP contribution in [0.3, 0.4) is 0 Å². The van der Waals surface area contributed by atoms with Gasteiger partial charge in [-0.15, -0.1) is 0 Å². The fourth-order valence-electron chi connectivity index (χ4n) is 2.25. The summed E-state index contributed by atoms with van der Waals surface area (Å²) < 4.78 is 5.36. The monoisotopic (exact) mass is 258 g/mol. The van der Waals surface area contributed by atoms with Crippen LogP contribution < -0.4 is 5.73 Å². The van der Waals surface area contributed by atoms with Crippen molar-refractivity contribution in [3.05, 3.63) is 0 Å². The Balaban J connectivity index is 2.45. The van der Waals surface area contributed by atoms with Gasteiger partial charge in [-0.2, -0.15) is 0 Å². The molecule has 0 aliphatic carbocycles. The van der Waals surface area contributed by atoms with Crippen molar-refractivity contribution >= 4 is 6.09 Å². The minimum atomic E-state index is -0.453. The van der Waals surface area contributed by atoms with Gasteiger partial charge >= 0.3 is 6.09 Å². The van der Waals surface area contributed by atoms with Crippen molar-refractivity contribution in [2.24, 2.45) is 11.7 Å². The summed E-state index contributed by atoms with van der Waals surface area (Å²) in [5, 5.41) is 8.96. The molecule has 1 fully saturated rings. The lowest BCUT2D eigenvalue weighted by molar-refractivity contribution is 0.0155. The molecule has 18 heavy (non-hydrogen) atoms. The lowest BCUT2D eigenvalue weighted by atomic mass is 9.92. The Bertz CT molecular complexity index is 276. The van der Waals surface area contributed by atoms with Crippen LogP contribution in [0.4, 0.5) is 4.79 Å². The average Bonchev–Trinajstić information content (AvgIpc) is 2.27. The molecule has 1 amide bonds. The van der Waals surface area contributed by atoms with E-state index in [1.54, 1.807) is 4.90 Å². The Hall–Kier alpha value is -0.810. The predicted molar refractivity (Wildman–Crippen MR) is 70.2 cm³/mol. The summed E-state index contributed by atoms with van der Waals surface area (Å²) in [6.07, 6.45) is 2.55. The van der Waals surface area contributed by atoms with Crippen LogP contribution in [-0.4, -0.2) is 47.4 Å². The third-order valence-electron chi connectivity index (χ3n) is 3.04. The summed E-state index contributed by atoms with van der Waals surface area (Å²) >= 11 is 0. The molecule has 106 valence electrons. The second-order valence-electron chi connectivity index (χ2n) is 6.11. The molecule has 3 N–H and O–H groups in total. The lowest BCUT2D eigenvalue weighted by Gasteiger charge is -2.34. The molecular weight excluding hydrogens is 232 g/mol. The zero-order valence-corrected chi connectivity index (χ0v) is 11.7. The highest BCUT2D eigenvalue weighted by Crippen LogP contribution is 2.22. The summed E-state index contributed by atoms with van der Waals surface area (Å²) in [5.74, 6) is 0.369. The summed E-state index contributed by atoms with van der Waals surface area (Å²) in [6, 6.07) is -0.186. The quantitative estimate of drug-likeness (QED) is 0.801. The van der Waals surface area contributed by atoms with E-state index in [2.05, 4.69) is 0 Å². The zero-order valence-electron chi connectivity index (χ0n) is 11.7. The summed E-state index contributed by atoms with van der Waals surface area (Å²) in [7, 11) is 0. The van der Waals surface area contributed by atoms with E-state index >= 15 is 0 Å². The number of ether oxygens (including phenoxy) is 1. The number of likely N-dealkylation sites (tertiary alicyclic amines) is 1. The van der Waals surface area contributed by atoms with E-state index < -0.39 is 5.60 Å². The first-order valence-corrected chi connectivity index (χ1v) is 6.66. The molecule has 0 bridgehead atoms. The first-order valence-electron chi connectivity index (χ1n) is 6.66. The number of nitrogens with zero attached hydrogens (tertiary/aromatic N) is 1. The number of amides is 1. The first kappa shape index (κ1) is 15.2. The molecule has 1 saturated heterocycles. The van der Waals surface area contributed by atoms with E-state index in [0.29, 0.717) is 12.5 Å². The molecule has 0 aromatic heterocycles. The highest BCUT2D eigenvalue weighted by atomic mass is 16.6. The van der Waals surface area contributed by atoms with Gasteiger partial charge in [-0.3, -0.25) is 0 Å². The van der Waals surface area contributed by atoms with Gasteiger partial charge in [0.05, 0.1) is 6.61 Å².